The maximum absolute atomic E-state index is 11.9. The number of anilines is 1. The first kappa shape index (κ1) is 14.5. The maximum Gasteiger partial charge on any atom is 0.341 e. The largest absolute Gasteiger partial charge is 0.480 e. The number of carboxylic acid groups (broad SMARTS) is 1. The quantitative estimate of drug-likeness (QED) is 0.780. The molecule has 21 heavy (non-hydrogen) atoms. The predicted molar refractivity (Wildman–Crippen MR) is 72.8 cm³/mol. The molecule has 0 radical (unpaired) electrons. The second-order valence-electron chi connectivity index (χ2n) is 4.14. The molecule has 8 heteroatoms. The lowest BCUT2D eigenvalue weighted by atomic mass is 10.2. The molecule has 0 spiro atoms. The second kappa shape index (κ2) is 7.04. The highest BCUT2D eigenvalue weighted by molar-refractivity contribution is 5.92. The minimum absolute atomic E-state index is 0.219. The number of hydrogen-bond donors (Lipinski definition) is 2. The first-order valence-electron chi connectivity index (χ1n) is 6.23. The van der Waals surface area contributed by atoms with Crippen molar-refractivity contribution in [2.75, 3.05) is 11.9 Å². The summed E-state index contributed by atoms with van der Waals surface area (Å²) >= 11 is 0. The van der Waals surface area contributed by atoms with Crippen molar-refractivity contribution in [1.82, 2.24) is 15.0 Å². The van der Waals surface area contributed by atoms with Gasteiger partial charge in [0.2, 0.25) is 5.91 Å². The van der Waals surface area contributed by atoms with Crippen molar-refractivity contribution in [3.63, 3.8) is 0 Å². The number of ether oxygens (including phenoxy) is 1. The summed E-state index contributed by atoms with van der Waals surface area (Å²) in [6.07, 6.45) is 3.42. The Labute approximate surface area is 120 Å². The summed E-state index contributed by atoms with van der Waals surface area (Å²) in [6, 6.07) is 6.66. The number of aryl methyl sites for hydroxylation is 1. The van der Waals surface area contributed by atoms with Gasteiger partial charge >= 0.3 is 5.97 Å². The summed E-state index contributed by atoms with van der Waals surface area (Å²) in [7, 11) is 0. The SMILES string of the molecule is O=C(O)COc1ccccc1NC(=O)CCn1ccnn1. The van der Waals surface area contributed by atoms with E-state index in [0.29, 0.717) is 18.0 Å². The molecule has 1 aromatic heterocycles. The van der Waals surface area contributed by atoms with Gasteiger partial charge in [-0.3, -0.25) is 9.48 Å². The minimum Gasteiger partial charge on any atom is -0.480 e. The Hall–Kier alpha value is -2.90. The van der Waals surface area contributed by atoms with E-state index in [4.69, 9.17) is 9.84 Å². The number of nitrogens with one attached hydrogen (secondary N) is 1. The molecule has 0 bridgehead atoms. The topological polar surface area (TPSA) is 106 Å². The Bertz CT molecular complexity index is 612. The van der Waals surface area contributed by atoms with E-state index in [9.17, 15) is 9.59 Å². The molecule has 0 unspecified atom stereocenters. The van der Waals surface area contributed by atoms with Gasteiger partial charge in [0.15, 0.2) is 6.61 Å². The molecular formula is C13H14N4O4. The number of aliphatic carboxylic acids is 1. The van der Waals surface area contributed by atoms with Gasteiger partial charge in [0.1, 0.15) is 5.75 Å². The number of para-hydroxylation sites is 2. The van der Waals surface area contributed by atoms with Crippen LogP contribution in [-0.2, 0) is 16.1 Å². The first-order valence-corrected chi connectivity index (χ1v) is 6.23. The summed E-state index contributed by atoms with van der Waals surface area (Å²) < 4.78 is 6.66. The Morgan fingerprint density at radius 2 is 2.14 bits per heavy atom. The van der Waals surface area contributed by atoms with Gasteiger partial charge in [0.25, 0.3) is 0 Å². The molecule has 2 rings (SSSR count). The van der Waals surface area contributed by atoms with Gasteiger partial charge in [0, 0.05) is 12.6 Å². The van der Waals surface area contributed by atoms with Crippen LogP contribution in [0.4, 0.5) is 5.69 Å². The molecule has 0 fully saturated rings. The van der Waals surface area contributed by atoms with Crippen LogP contribution in [0.15, 0.2) is 36.7 Å². The van der Waals surface area contributed by atoms with Crippen LogP contribution in [-0.4, -0.2) is 38.6 Å². The maximum atomic E-state index is 11.9. The fourth-order valence-corrected chi connectivity index (χ4v) is 1.62. The second-order valence-corrected chi connectivity index (χ2v) is 4.14. The molecule has 0 aliphatic carbocycles. The highest BCUT2D eigenvalue weighted by atomic mass is 16.5. The van der Waals surface area contributed by atoms with Crippen LogP contribution in [0.2, 0.25) is 0 Å². The lowest BCUT2D eigenvalue weighted by Gasteiger charge is -2.11. The molecule has 2 N–H and O–H groups in total. The number of nitrogens with zero attached hydrogens (tertiary/aromatic N) is 3. The average Bonchev–Trinajstić information content (AvgIpc) is 2.97. The van der Waals surface area contributed by atoms with Crippen molar-refractivity contribution in [1.29, 1.82) is 0 Å². The van der Waals surface area contributed by atoms with Crippen molar-refractivity contribution in [3.8, 4) is 5.75 Å². The van der Waals surface area contributed by atoms with Gasteiger partial charge in [-0.25, -0.2) is 4.79 Å². The van der Waals surface area contributed by atoms with Crippen LogP contribution >= 0.6 is 0 Å². The normalized spacial score (nSPS) is 10.1. The van der Waals surface area contributed by atoms with E-state index in [1.54, 1.807) is 35.1 Å². The molecule has 110 valence electrons. The van der Waals surface area contributed by atoms with E-state index < -0.39 is 12.6 Å². The number of aromatic nitrogens is 3. The van der Waals surface area contributed by atoms with Gasteiger partial charge in [-0.2, -0.15) is 0 Å². The van der Waals surface area contributed by atoms with E-state index in [0.717, 1.165) is 0 Å². The van der Waals surface area contributed by atoms with Crippen LogP contribution in [0.3, 0.4) is 0 Å². The highest BCUT2D eigenvalue weighted by Crippen LogP contribution is 2.23. The van der Waals surface area contributed by atoms with Gasteiger partial charge in [-0.1, -0.05) is 17.3 Å². The van der Waals surface area contributed by atoms with Gasteiger partial charge in [-0.05, 0) is 12.1 Å². The number of carbonyl (C=O) groups is 2. The molecule has 0 aliphatic heterocycles. The Balaban J connectivity index is 1.92. The number of carbonyl (C=O) groups excluding carboxylic acids is 1. The van der Waals surface area contributed by atoms with Crippen molar-refractivity contribution in [2.45, 2.75) is 13.0 Å². The van der Waals surface area contributed by atoms with Crippen molar-refractivity contribution in [3.05, 3.63) is 36.7 Å². The van der Waals surface area contributed by atoms with Crippen molar-refractivity contribution in [2.24, 2.45) is 0 Å². The Morgan fingerprint density at radius 1 is 1.33 bits per heavy atom. The van der Waals surface area contributed by atoms with E-state index in [1.807, 2.05) is 0 Å². The molecular weight excluding hydrogens is 276 g/mol. The van der Waals surface area contributed by atoms with E-state index in [2.05, 4.69) is 15.6 Å². The molecule has 1 heterocycles. The lowest BCUT2D eigenvalue weighted by molar-refractivity contribution is -0.139. The van der Waals surface area contributed by atoms with E-state index >= 15 is 0 Å². The summed E-state index contributed by atoms with van der Waals surface area (Å²) in [6.45, 7) is -0.0597. The number of benzene rings is 1. The summed E-state index contributed by atoms with van der Waals surface area (Å²) in [4.78, 5) is 22.4. The predicted octanol–water partition coefficient (Wildman–Crippen LogP) is 0.770. The summed E-state index contributed by atoms with van der Waals surface area (Å²) in [5.41, 5.74) is 0.433. The Kier molecular flexibility index (Phi) is 4.86. The fourth-order valence-electron chi connectivity index (χ4n) is 1.62. The lowest BCUT2D eigenvalue weighted by Crippen LogP contribution is -2.16. The zero-order valence-electron chi connectivity index (χ0n) is 11.1. The molecule has 0 saturated heterocycles. The number of hydrogen-bond acceptors (Lipinski definition) is 5. The van der Waals surface area contributed by atoms with Gasteiger partial charge < -0.3 is 15.2 Å². The minimum atomic E-state index is -1.08. The molecule has 8 nitrogen and oxygen atoms in total. The van der Waals surface area contributed by atoms with Crippen LogP contribution in [0.1, 0.15) is 6.42 Å². The van der Waals surface area contributed by atoms with Crippen LogP contribution in [0.25, 0.3) is 0 Å². The monoisotopic (exact) mass is 290 g/mol. The summed E-state index contributed by atoms with van der Waals surface area (Å²) in [5.74, 6) is -0.992. The Morgan fingerprint density at radius 3 is 2.86 bits per heavy atom. The molecule has 0 aliphatic rings. The van der Waals surface area contributed by atoms with E-state index in [-0.39, 0.29) is 12.3 Å². The fraction of sp³-hybridized carbons (Fsp3) is 0.231. The third-order valence-corrected chi connectivity index (χ3v) is 2.55. The van der Waals surface area contributed by atoms with Crippen molar-refractivity contribution < 1.29 is 19.4 Å². The number of amides is 1. The molecule has 0 atom stereocenters. The third kappa shape index (κ3) is 4.60. The summed E-state index contributed by atoms with van der Waals surface area (Å²) in [5, 5.41) is 18.7. The van der Waals surface area contributed by atoms with Crippen LogP contribution in [0, 0.1) is 0 Å². The molecule has 2 aromatic rings. The van der Waals surface area contributed by atoms with Crippen LogP contribution < -0.4 is 10.1 Å². The van der Waals surface area contributed by atoms with Crippen molar-refractivity contribution >= 4 is 17.6 Å². The highest BCUT2D eigenvalue weighted by Gasteiger charge is 2.09. The van der Waals surface area contributed by atoms with E-state index in [1.165, 1.54) is 6.20 Å². The number of rotatable bonds is 7. The smallest absolute Gasteiger partial charge is 0.341 e. The molecule has 0 saturated carbocycles. The zero-order chi connectivity index (χ0) is 15.1. The zero-order valence-corrected chi connectivity index (χ0v) is 11.1. The standard InChI is InChI=1S/C13H14N4O4/c18-12(5-7-17-8-6-14-16-17)15-10-3-1-2-4-11(10)21-9-13(19)20/h1-4,6,8H,5,7,9H2,(H,15,18)(H,19,20). The molecule has 1 amide bonds. The third-order valence-electron chi connectivity index (χ3n) is 2.55. The van der Waals surface area contributed by atoms with Gasteiger partial charge in [0.05, 0.1) is 18.4 Å². The average molecular weight is 290 g/mol. The number of carboxylic acids is 1. The van der Waals surface area contributed by atoms with Crippen LogP contribution in [0.5, 0.6) is 5.75 Å². The molecule has 1 aromatic carbocycles. The van der Waals surface area contributed by atoms with Gasteiger partial charge in [-0.15, -0.1) is 5.10 Å². The first-order chi connectivity index (χ1) is 10.1.